The largest absolute Gasteiger partial charge is 0.324 e. The highest BCUT2D eigenvalue weighted by Crippen LogP contribution is 2.12. The Hall–Kier alpha value is -2.88. The number of halogens is 1. The van der Waals surface area contributed by atoms with E-state index in [0.29, 0.717) is 5.69 Å². The Morgan fingerprint density at radius 1 is 1.44 bits per heavy atom. The van der Waals surface area contributed by atoms with E-state index in [9.17, 15) is 9.18 Å². The number of nitrogens with one attached hydrogen (secondary N) is 3. The molecule has 1 aromatic carbocycles. The van der Waals surface area contributed by atoms with Gasteiger partial charge in [-0.25, -0.2) is 9.18 Å². The van der Waals surface area contributed by atoms with Crippen LogP contribution in [0.1, 0.15) is 5.56 Å². The van der Waals surface area contributed by atoms with Crippen molar-refractivity contribution >= 4 is 17.5 Å². The Morgan fingerprint density at radius 2 is 2.28 bits per heavy atom. The summed E-state index contributed by atoms with van der Waals surface area (Å²) in [7, 11) is 0. The van der Waals surface area contributed by atoms with Crippen molar-refractivity contribution in [1.29, 1.82) is 5.26 Å². The van der Waals surface area contributed by atoms with Gasteiger partial charge in [-0.05, 0) is 18.2 Å². The molecule has 0 saturated heterocycles. The smallest absolute Gasteiger partial charge is 0.308 e. The van der Waals surface area contributed by atoms with Crippen molar-refractivity contribution < 1.29 is 9.18 Å². The average molecular weight is 245 g/mol. The Balaban J connectivity index is 2.04. The molecule has 90 valence electrons. The average Bonchev–Trinajstić information content (AvgIpc) is 2.76. The normalized spacial score (nSPS) is 9.56. The highest BCUT2D eigenvalue weighted by Gasteiger charge is 2.08. The number of urea groups is 1. The molecule has 0 unspecified atom stereocenters. The lowest BCUT2D eigenvalue weighted by Crippen LogP contribution is -2.20. The molecule has 3 N–H and O–H groups in total. The highest BCUT2D eigenvalue weighted by atomic mass is 19.1. The molecule has 18 heavy (non-hydrogen) atoms. The second-order valence-electron chi connectivity index (χ2n) is 3.36. The van der Waals surface area contributed by atoms with Crippen LogP contribution in [0.2, 0.25) is 0 Å². The summed E-state index contributed by atoms with van der Waals surface area (Å²) in [5.74, 6) is -0.265. The first kappa shape index (κ1) is 11.6. The van der Waals surface area contributed by atoms with Gasteiger partial charge in [0.1, 0.15) is 23.3 Å². The third kappa shape index (κ3) is 2.62. The van der Waals surface area contributed by atoms with Crippen molar-refractivity contribution in [2.45, 2.75) is 0 Å². The predicted molar refractivity (Wildman–Crippen MR) is 62.3 cm³/mol. The van der Waals surface area contributed by atoms with Crippen molar-refractivity contribution in [2.75, 3.05) is 10.6 Å². The van der Waals surface area contributed by atoms with Crippen LogP contribution in [-0.2, 0) is 0 Å². The number of amides is 2. The van der Waals surface area contributed by atoms with Crippen molar-refractivity contribution in [3.05, 3.63) is 41.8 Å². The fourth-order valence-corrected chi connectivity index (χ4v) is 1.31. The van der Waals surface area contributed by atoms with E-state index in [2.05, 4.69) is 20.8 Å². The molecule has 1 heterocycles. The lowest BCUT2D eigenvalue weighted by Gasteiger charge is -2.06. The van der Waals surface area contributed by atoms with Crippen LogP contribution in [0, 0.1) is 17.1 Å². The minimum Gasteiger partial charge on any atom is -0.308 e. The van der Waals surface area contributed by atoms with Crippen LogP contribution >= 0.6 is 0 Å². The highest BCUT2D eigenvalue weighted by molar-refractivity contribution is 5.99. The first-order valence-corrected chi connectivity index (χ1v) is 4.96. The Morgan fingerprint density at radius 3 is 3.00 bits per heavy atom. The molecule has 2 amide bonds. The third-order valence-corrected chi connectivity index (χ3v) is 2.08. The molecule has 1 aromatic heterocycles. The number of H-pyrrole nitrogens is 1. The van der Waals surface area contributed by atoms with Gasteiger partial charge < -0.3 is 5.32 Å². The van der Waals surface area contributed by atoms with E-state index in [0.717, 1.165) is 0 Å². The monoisotopic (exact) mass is 245 g/mol. The number of nitrogens with zero attached hydrogens (tertiary/aromatic N) is 2. The zero-order chi connectivity index (χ0) is 13.0. The molecule has 0 aliphatic heterocycles. The number of hydrogen-bond acceptors (Lipinski definition) is 3. The molecule has 6 nitrogen and oxygen atoms in total. The zero-order valence-electron chi connectivity index (χ0n) is 9.07. The maximum Gasteiger partial charge on any atom is 0.324 e. The number of aromatic nitrogens is 2. The predicted octanol–water partition coefficient (Wildman–Crippen LogP) is 2.06. The lowest BCUT2D eigenvalue weighted by molar-refractivity contribution is 0.262. The van der Waals surface area contributed by atoms with Gasteiger partial charge in [-0.2, -0.15) is 10.4 Å². The summed E-state index contributed by atoms with van der Waals surface area (Å²) in [5, 5.41) is 19.6. The summed E-state index contributed by atoms with van der Waals surface area (Å²) in [4.78, 5) is 11.6. The number of carbonyl (C=O) groups is 1. The van der Waals surface area contributed by atoms with Crippen molar-refractivity contribution in [3.8, 4) is 6.07 Å². The van der Waals surface area contributed by atoms with Gasteiger partial charge in [0.05, 0.1) is 6.20 Å². The van der Waals surface area contributed by atoms with Gasteiger partial charge in [0.2, 0.25) is 0 Å². The van der Waals surface area contributed by atoms with E-state index in [4.69, 9.17) is 5.26 Å². The number of nitriles is 1. The second-order valence-corrected chi connectivity index (χ2v) is 3.36. The second kappa shape index (κ2) is 4.97. The van der Waals surface area contributed by atoms with Gasteiger partial charge in [-0.3, -0.25) is 10.4 Å². The van der Waals surface area contributed by atoms with Crippen LogP contribution < -0.4 is 10.6 Å². The lowest BCUT2D eigenvalue weighted by atomic mass is 10.3. The molecule has 0 atom stereocenters. The van der Waals surface area contributed by atoms with Gasteiger partial charge in [0, 0.05) is 5.69 Å². The topological polar surface area (TPSA) is 93.6 Å². The number of aromatic amines is 1. The minimum atomic E-state index is -0.596. The van der Waals surface area contributed by atoms with Crippen LogP contribution in [0.25, 0.3) is 0 Å². The SMILES string of the molecule is N#Cc1cn[nH]c1NC(=O)Nc1cccc(F)c1. The number of anilines is 2. The fourth-order valence-electron chi connectivity index (χ4n) is 1.31. The quantitative estimate of drug-likeness (QED) is 0.755. The Bertz CT molecular complexity index is 616. The molecule has 0 fully saturated rings. The van der Waals surface area contributed by atoms with E-state index in [-0.39, 0.29) is 11.4 Å². The van der Waals surface area contributed by atoms with Gasteiger partial charge >= 0.3 is 6.03 Å². The molecular weight excluding hydrogens is 237 g/mol. The van der Waals surface area contributed by atoms with E-state index in [1.807, 2.05) is 6.07 Å². The first-order valence-electron chi connectivity index (χ1n) is 4.96. The number of carbonyl (C=O) groups excluding carboxylic acids is 1. The summed E-state index contributed by atoms with van der Waals surface area (Å²) < 4.78 is 12.9. The van der Waals surface area contributed by atoms with Crippen molar-refractivity contribution in [1.82, 2.24) is 10.2 Å². The molecule has 0 aliphatic carbocycles. The van der Waals surface area contributed by atoms with E-state index < -0.39 is 11.8 Å². The van der Waals surface area contributed by atoms with Crippen LogP contribution in [0.15, 0.2) is 30.5 Å². The van der Waals surface area contributed by atoms with Gasteiger partial charge in [0.25, 0.3) is 0 Å². The Kier molecular flexibility index (Phi) is 3.20. The van der Waals surface area contributed by atoms with Crippen LogP contribution in [-0.4, -0.2) is 16.2 Å². The van der Waals surface area contributed by atoms with Gasteiger partial charge in [-0.15, -0.1) is 0 Å². The molecule has 7 heteroatoms. The molecule has 0 spiro atoms. The van der Waals surface area contributed by atoms with E-state index >= 15 is 0 Å². The molecule has 0 saturated carbocycles. The first-order chi connectivity index (χ1) is 8.69. The Labute approximate surface area is 101 Å². The van der Waals surface area contributed by atoms with Gasteiger partial charge in [-0.1, -0.05) is 6.07 Å². The van der Waals surface area contributed by atoms with E-state index in [1.54, 1.807) is 6.07 Å². The summed E-state index contributed by atoms with van der Waals surface area (Å²) in [6, 6.07) is 6.73. The third-order valence-electron chi connectivity index (χ3n) is 2.08. The van der Waals surface area contributed by atoms with Crippen LogP contribution in [0.4, 0.5) is 20.7 Å². The molecule has 0 bridgehead atoms. The zero-order valence-corrected chi connectivity index (χ0v) is 9.07. The summed E-state index contributed by atoms with van der Waals surface area (Å²) in [6.07, 6.45) is 1.29. The van der Waals surface area contributed by atoms with E-state index in [1.165, 1.54) is 24.4 Å². The fraction of sp³-hybridized carbons (Fsp3) is 0. The molecule has 2 rings (SSSR count). The molecular formula is C11H8FN5O. The minimum absolute atomic E-state index is 0.186. The molecule has 0 radical (unpaired) electrons. The maximum absolute atomic E-state index is 12.9. The maximum atomic E-state index is 12.9. The molecule has 0 aliphatic rings. The van der Waals surface area contributed by atoms with Crippen molar-refractivity contribution in [3.63, 3.8) is 0 Å². The number of hydrogen-bond donors (Lipinski definition) is 3. The summed E-state index contributed by atoms with van der Waals surface area (Å²) in [5.41, 5.74) is 0.523. The van der Waals surface area contributed by atoms with Crippen LogP contribution in [0.3, 0.4) is 0 Å². The standard InChI is InChI=1S/C11H8FN5O/c12-8-2-1-3-9(4-8)15-11(18)16-10-7(5-13)6-14-17-10/h1-4,6H,(H3,14,15,16,17,18). The molecule has 2 aromatic rings. The van der Waals surface area contributed by atoms with Crippen LogP contribution in [0.5, 0.6) is 0 Å². The van der Waals surface area contributed by atoms with Crippen molar-refractivity contribution in [2.24, 2.45) is 0 Å². The summed E-state index contributed by atoms with van der Waals surface area (Å²) >= 11 is 0. The van der Waals surface area contributed by atoms with Gasteiger partial charge in [0.15, 0.2) is 0 Å². The summed E-state index contributed by atoms with van der Waals surface area (Å²) in [6.45, 7) is 0. The number of benzene rings is 1. The number of rotatable bonds is 2.